The Morgan fingerprint density at radius 1 is 1.26 bits per heavy atom. The van der Waals surface area contributed by atoms with Crippen molar-refractivity contribution in [3.05, 3.63) is 30.1 Å². The van der Waals surface area contributed by atoms with Crippen LogP contribution in [0.3, 0.4) is 0 Å². The van der Waals surface area contributed by atoms with Crippen LogP contribution >= 0.6 is 11.8 Å². The number of aromatic nitrogens is 2. The molecule has 0 spiro atoms. The molecular weight excluding hydrogens is 254 g/mol. The molecule has 3 nitrogen and oxygen atoms in total. The molecule has 2 aromatic rings. The number of nitrogens with zero attached hydrogens (tertiary/aromatic N) is 2. The molecule has 0 radical (unpaired) electrons. The smallest absolute Gasteiger partial charge is 0.138 e. The van der Waals surface area contributed by atoms with Crippen LogP contribution in [-0.4, -0.2) is 21.7 Å². The van der Waals surface area contributed by atoms with Gasteiger partial charge in [0.2, 0.25) is 0 Å². The van der Waals surface area contributed by atoms with E-state index in [1.807, 2.05) is 17.8 Å². The van der Waals surface area contributed by atoms with Crippen LogP contribution in [0.2, 0.25) is 0 Å². The second-order valence-corrected chi connectivity index (χ2v) is 5.71. The molecule has 0 aliphatic heterocycles. The van der Waals surface area contributed by atoms with Gasteiger partial charge >= 0.3 is 0 Å². The van der Waals surface area contributed by atoms with Crippen LogP contribution in [0.25, 0.3) is 5.65 Å². The van der Waals surface area contributed by atoms with Crippen LogP contribution in [0.5, 0.6) is 0 Å². The van der Waals surface area contributed by atoms with E-state index in [4.69, 9.17) is 4.98 Å². The van der Waals surface area contributed by atoms with Crippen LogP contribution in [-0.2, 0) is 6.54 Å². The van der Waals surface area contributed by atoms with Crippen molar-refractivity contribution in [1.29, 1.82) is 0 Å². The largest absolute Gasteiger partial charge is 0.311 e. The molecule has 0 unspecified atom stereocenters. The van der Waals surface area contributed by atoms with Gasteiger partial charge in [-0.2, -0.15) is 0 Å². The highest BCUT2D eigenvalue weighted by molar-refractivity contribution is 7.99. The highest BCUT2D eigenvalue weighted by Gasteiger charge is 2.11. The highest BCUT2D eigenvalue weighted by Crippen LogP contribution is 2.24. The first-order chi connectivity index (χ1) is 9.36. The van der Waals surface area contributed by atoms with Gasteiger partial charge in [0, 0.05) is 12.7 Å². The first-order valence-corrected chi connectivity index (χ1v) is 8.14. The molecular formula is C15H23N3S. The zero-order chi connectivity index (χ0) is 13.5. The Morgan fingerprint density at radius 3 is 2.95 bits per heavy atom. The van der Waals surface area contributed by atoms with Gasteiger partial charge in [0.15, 0.2) is 0 Å². The molecule has 104 valence electrons. The average Bonchev–Trinajstić information content (AvgIpc) is 2.79. The molecule has 4 heteroatoms. The molecule has 0 amide bonds. The standard InChI is InChI=1S/C15H23N3S/c1-3-5-8-11-19-15-13(12-16-4-2)18-10-7-6-9-14(18)17-15/h6-7,9-10,16H,3-5,8,11-12H2,1-2H3. The fourth-order valence-corrected chi connectivity index (χ4v) is 3.10. The van der Waals surface area contributed by atoms with E-state index < -0.39 is 0 Å². The van der Waals surface area contributed by atoms with E-state index in [-0.39, 0.29) is 0 Å². The van der Waals surface area contributed by atoms with Crippen molar-refractivity contribution in [2.45, 2.75) is 44.7 Å². The van der Waals surface area contributed by atoms with Gasteiger partial charge in [0.05, 0.1) is 5.69 Å². The predicted octanol–water partition coefficient (Wildman–Crippen LogP) is 3.73. The lowest BCUT2D eigenvalue weighted by Crippen LogP contribution is -2.14. The maximum atomic E-state index is 4.75. The number of hydrogen-bond acceptors (Lipinski definition) is 3. The molecule has 0 bridgehead atoms. The molecule has 19 heavy (non-hydrogen) atoms. The quantitative estimate of drug-likeness (QED) is 0.589. The van der Waals surface area contributed by atoms with Crippen molar-refractivity contribution in [3.63, 3.8) is 0 Å². The fraction of sp³-hybridized carbons (Fsp3) is 0.533. The molecule has 2 rings (SSSR count). The lowest BCUT2D eigenvalue weighted by Gasteiger charge is -2.05. The van der Waals surface area contributed by atoms with E-state index >= 15 is 0 Å². The van der Waals surface area contributed by atoms with Gasteiger partial charge in [-0.05, 0) is 30.9 Å². The van der Waals surface area contributed by atoms with Crippen LogP contribution in [0.15, 0.2) is 29.4 Å². The summed E-state index contributed by atoms with van der Waals surface area (Å²) in [5.41, 5.74) is 2.34. The number of imidazole rings is 1. The maximum Gasteiger partial charge on any atom is 0.138 e. The van der Waals surface area contributed by atoms with Gasteiger partial charge in [0.25, 0.3) is 0 Å². The Kier molecular flexibility index (Phi) is 5.73. The molecule has 0 saturated heterocycles. The van der Waals surface area contributed by atoms with E-state index in [2.05, 4.69) is 41.9 Å². The number of hydrogen-bond donors (Lipinski definition) is 1. The third-order valence-corrected chi connectivity index (χ3v) is 4.21. The minimum Gasteiger partial charge on any atom is -0.311 e. The van der Waals surface area contributed by atoms with Crippen molar-refractivity contribution in [2.75, 3.05) is 12.3 Å². The third-order valence-electron chi connectivity index (χ3n) is 3.12. The summed E-state index contributed by atoms with van der Waals surface area (Å²) in [4.78, 5) is 4.75. The number of nitrogens with one attached hydrogen (secondary N) is 1. The molecule has 0 aliphatic carbocycles. The molecule has 2 heterocycles. The minimum absolute atomic E-state index is 0.887. The van der Waals surface area contributed by atoms with Gasteiger partial charge < -0.3 is 9.72 Å². The summed E-state index contributed by atoms with van der Waals surface area (Å²) in [6.07, 6.45) is 5.96. The lowest BCUT2D eigenvalue weighted by molar-refractivity contribution is 0.693. The number of thioether (sulfide) groups is 1. The van der Waals surface area contributed by atoms with E-state index in [9.17, 15) is 0 Å². The second-order valence-electron chi connectivity index (χ2n) is 4.63. The molecule has 0 atom stereocenters. The SMILES string of the molecule is CCCCCSc1nc2ccccn2c1CNCC. The first kappa shape index (κ1) is 14.4. The fourth-order valence-electron chi connectivity index (χ4n) is 2.07. The Balaban J connectivity index is 2.15. The van der Waals surface area contributed by atoms with Crippen molar-refractivity contribution in [3.8, 4) is 0 Å². The van der Waals surface area contributed by atoms with Gasteiger partial charge in [-0.25, -0.2) is 4.98 Å². The summed E-state index contributed by atoms with van der Waals surface area (Å²) >= 11 is 1.89. The van der Waals surface area contributed by atoms with Gasteiger partial charge in [-0.15, -0.1) is 11.8 Å². The topological polar surface area (TPSA) is 29.3 Å². The first-order valence-electron chi connectivity index (χ1n) is 7.16. The molecule has 0 saturated carbocycles. The van der Waals surface area contributed by atoms with E-state index in [1.165, 1.54) is 30.0 Å². The van der Waals surface area contributed by atoms with Gasteiger partial charge in [0.1, 0.15) is 10.7 Å². The van der Waals surface area contributed by atoms with Crippen molar-refractivity contribution < 1.29 is 0 Å². The zero-order valence-electron chi connectivity index (χ0n) is 11.9. The molecule has 1 N–H and O–H groups in total. The van der Waals surface area contributed by atoms with Crippen LogP contribution in [0.4, 0.5) is 0 Å². The summed E-state index contributed by atoms with van der Waals surface area (Å²) in [7, 11) is 0. The van der Waals surface area contributed by atoms with E-state index in [0.717, 1.165) is 24.5 Å². The summed E-state index contributed by atoms with van der Waals surface area (Å²) in [6, 6.07) is 6.19. The highest BCUT2D eigenvalue weighted by atomic mass is 32.2. The van der Waals surface area contributed by atoms with Crippen LogP contribution in [0, 0.1) is 0 Å². The number of rotatable bonds is 8. The Bertz CT molecular complexity index is 507. The minimum atomic E-state index is 0.887. The Hall–Kier alpha value is -1.00. The molecule has 0 aromatic carbocycles. The van der Waals surface area contributed by atoms with Crippen molar-refractivity contribution >= 4 is 17.4 Å². The van der Waals surface area contributed by atoms with Crippen LogP contribution in [0.1, 0.15) is 38.8 Å². The summed E-state index contributed by atoms with van der Waals surface area (Å²) in [5.74, 6) is 1.16. The second kappa shape index (κ2) is 7.56. The summed E-state index contributed by atoms with van der Waals surface area (Å²) in [6.45, 7) is 6.25. The number of unbranched alkanes of at least 4 members (excludes halogenated alkanes) is 2. The van der Waals surface area contributed by atoms with Crippen molar-refractivity contribution in [2.24, 2.45) is 0 Å². The van der Waals surface area contributed by atoms with Gasteiger partial charge in [-0.1, -0.05) is 32.8 Å². The van der Waals surface area contributed by atoms with Crippen LogP contribution < -0.4 is 5.32 Å². The maximum absolute atomic E-state index is 4.75. The average molecular weight is 277 g/mol. The zero-order valence-corrected chi connectivity index (χ0v) is 12.7. The lowest BCUT2D eigenvalue weighted by atomic mass is 10.3. The Morgan fingerprint density at radius 2 is 2.16 bits per heavy atom. The van der Waals surface area contributed by atoms with Crippen molar-refractivity contribution in [1.82, 2.24) is 14.7 Å². The number of fused-ring (bicyclic) bond motifs is 1. The van der Waals surface area contributed by atoms with E-state index in [1.54, 1.807) is 0 Å². The Labute approximate surface area is 119 Å². The molecule has 0 fully saturated rings. The van der Waals surface area contributed by atoms with Gasteiger partial charge in [-0.3, -0.25) is 0 Å². The number of pyridine rings is 1. The molecule has 0 aliphatic rings. The predicted molar refractivity (Wildman–Crippen MR) is 82.8 cm³/mol. The van der Waals surface area contributed by atoms with E-state index in [0.29, 0.717) is 0 Å². The monoisotopic (exact) mass is 277 g/mol. The molecule has 2 aromatic heterocycles. The summed E-state index contributed by atoms with van der Waals surface area (Å²) in [5, 5.41) is 4.59. The normalized spacial score (nSPS) is 11.3. The summed E-state index contributed by atoms with van der Waals surface area (Å²) < 4.78 is 2.20. The third kappa shape index (κ3) is 3.74.